The van der Waals surface area contributed by atoms with Crippen molar-refractivity contribution in [3.63, 3.8) is 0 Å². The van der Waals surface area contributed by atoms with E-state index in [1.54, 1.807) is 18.2 Å². The molecule has 1 heterocycles. The number of nitrogens with zero attached hydrogens (tertiary/aromatic N) is 1. The van der Waals surface area contributed by atoms with Crippen LogP contribution in [-0.2, 0) is 11.2 Å². The molecule has 4 rings (SSSR count). The standard InChI is InChI=1S/C20H22Cl2N2O.C7H13NO/c21-18-8-7-16(14-19(18)22)20(25)23-17-6-4-5-15(13-17)9-12-24-10-2-1-3-11-24;8-7-3-1-6(5-9)2-4-7/h4-8,13-14H,1-3,9-12H2,(H,23,25);5-7H,1-4,8H2. The fourth-order valence-electron chi connectivity index (χ4n) is 4.40. The monoisotopic (exact) mass is 503 g/mol. The molecule has 2 fully saturated rings. The SMILES string of the molecule is NC1CCC(C=O)CC1.O=C(Nc1cccc(CCN2CCCCC2)c1)c1ccc(Cl)c(Cl)c1. The van der Waals surface area contributed by atoms with Crippen LogP contribution in [0.1, 0.15) is 60.9 Å². The molecule has 0 unspecified atom stereocenters. The first-order valence-corrected chi connectivity index (χ1v) is 13.0. The number of carbonyl (C=O) groups excluding carboxylic acids is 2. The van der Waals surface area contributed by atoms with E-state index < -0.39 is 0 Å². The van der Waals surface area contributed by atoms with Gasteiger partial charge in [0, 0.05) is 29.8 Å². The van der Waals surface area contributed by atoms with Gasteiger partial charge >= 0.3 is 0 Å². The molecule has 5 nitrogen and oxygen atoms in total. The van der Waals surface area contributed by atoms with Crippen LogP contribution < -0.4 is 11.1 Å². The Morgan fingerprint density at radius 2 is 1.74 bits per heavy atom. The summed E-state index contributed by atoms with van der Waals surface area (Å²) in [6.07, 6.45) is 10.1. The van der Waals surface area contributed by atoms with E-state index in [0.717, 1.165) is 50.6 Å². The number of piperidine rings is 1. The third-order valence-electron chi connectivity index (χ3n) is 6.54. The predicted molar refractivity (Wildman–Crippen MR) is 141 cm³/mol. The van der Waals surface area contributed by atoms with Gasteiger partial charge in [-0.25, -0.2) is 0 Å². The second kappa shape index (κ2) is 13.8. The largest absolute Gasteiger partial charge is 0.328 e. The van der Waals surface area contributed by atoms with Gasteiger partial charge in [-0.05, 0) is 93.9 Å². The van der Waals surface area contributed by atoms with Crippen molar-refractivity contribution in [1.82, 2.24) is 4.90 Å². The third kappa shape index (κ3) is 8.70. The number of benzene rings is 2. The smallest absolute Gasteiger partial charge is 0.255 e. The Balaban J connectivity index is 0.000000302. The fraction of sp³-hybridized carbons (Fsp3) is 0.481. The van der Waals surface area contributed by atoms with Gasteiger partial charge in [0.25, 0.3) is 5.91 Å². The molecule has 2 aromatic carbocycles. The highest BCUT2D eigenvalue weighted by atomic mass is 35.5. The molecule has 1 saturated carbocycles. The van der Waals surface area contributed by atoms with Gasteiger partial charge in [0.05, 0.1) is 10.0 Å². The van der Waals surface area contributed by atoms with Crippen LogP contribution in [0, 0.1) is 5.92 Å². The number of rotatable bonds is 6. The quantitative estimate of drug-likeness (QED) is 0.475. The molecule has 34 heavy (non-hydrogen) atoms. The van der Waals surface area contributed by atoms with E-state index in [-0.39, 0.29) is 5.91 Å². The lowest BCUT2D eigenvalue weighted by Crippen LogP contribution is -2.31. The summed E-state index contributed by atoms with van der Waals surface area (Å²) in [6, 6.07) is 13.3. The Morgan fingerprint density at radius 1 is 1.00 bits per heavy atom. The maximum atomic E-state index is 12.4. The maximum absolute atomic E-state index is 12.4. The molecule has 0 spiro atoms. The molecule has 1 aliphatic carbocycles. The summed E-state index contributed by atoms with van der Waals surface area (Å²) >= 11 is 11.9. The molecule has 2 aliphatic rings. The maximum Gasteiger partial charge on any atom is 0.255 e. The molecular weight excluding hydrogens is 469 g/mol. The molecule has 7 heteroatoms. The van der Waals surface area contributed by atoms with E-state index >= 15 is 0 Å². The highest BCUT2D eigenvalue weighted by Gasteiger charge is 2.17. The van der Waals surface area contributed by atoms with Crippen molar-refractivity contribution < 1.29 is 9.59 Å². The molecule has 0 atom stereocenters. The first-order valence-electron chi connectivity index (χ1n) is 12.2. The second-order valence-electron chi connectivity index (χ2n) is 9.25. The molecule has 1 aliphatic heterocycles. The van der Waals surface area contributed by atoms with Crippen molar-refractivity contribution in [3.8, 4) is 0 Å². The molecule has 0 bridgehead atoms. The van der Waals surface area contributed by atoms with Gasteiger partial charge in [0.15, 0.2) is 0 Å². The van der Waals surface area contributed by atoms with Crippen molar-refractivity contribution in [1.29, 1.82) is 0 Å². The van der Waals surface area contributed by atoms with Gasteiger partial charge in [-0.15, -0.1) is 0 Å². The summed E-state index contributed by atoms with van der Waals surface area (Å²) in [6.45, 7) is 3.48. The Kier molecular flexibility index (Phi) is 10.9. The number of nitrogens with one attached hydrogen (secondary N) is 1. The number of aldehydes is 1. The highest BCUT2D eigenvalue weighted by Crippen LogP contribution is 2.23. The van der Waals surface area contributed by atoms with E-state index in [2.05, 4.69) is 16.3 Å². The summed E-state index contributed by atoms with van der Waals surface area (Å²) in [5.74, 6) is 0.122. The average molecular weight is 505 g/mol. The second-order valence-corrected chi connectivity index (χ2v) is 10.1. The first-order chi connectivity index (χ1) is 16.4. The average Bonchev–Trinajstić information content (AvgIpc) is 2.86. The van der Waals surface area contributed by atoms with Crippen LogP contribution in [-0.4, -0.2) is 42.8 Å². The minimum atomic E-state index is -0.188. The molecule has 2 aromatic rings. The van der Waals surface area contributed by atoms with Crippen molar-refractivity contribution in [2.75, 3.05) is 25.0 Å². The fourth-order valence-corrected chi connectivity index (χ4v) is 4.69. The Bertz CT molecular complexity index is 939. The third-order valence-corrected chi connectivity index (χ3v) is 7.28. The number of hydrogen-bond donors (Lipinski definition) is 2. The van der Waals surface area contributed by atoms with E-state index in [0.29, 0.717) is 27.6 Å². The van der Waals surface area contributed by atoms with Crippen LogP contribution in [0.3, 0.4) is 0 Å². The number of amides is 1. The van der Waals surface area contributed by atoms with Gasteiger partial charge in [0.1, 0.15) is 6.29 Å². The number of carbonyl (C=O) groups is 2. The number of nitrogens with two attached hydrogens (primary N) is 1. The number of likely N-dealkylation sites (tertiary alicyclic amines) is 1. The van der Waals surface area contributed by atoms with Crippen LogP contribution in [0.2, 0.25) is 10.0 Å². The van der Waals surface area contributed by atoms with Crippen molar-refractivity contribution in [2.45, 2.75) is 57.4 Å². The summed E-state index contributed by atoms with van der Waals surface area (Å²) in [5, 5.41) is 3.75. The molecule has 1 saturated heterocycles. The summed E-state index contributed by atoms with van der Waals surface area (Å²) in [7, 11) is 0. The first kappa shape index (κ1) is 26.7. The minimum Gasteiger partial charge on any atom is -0.328 e. The van der Waals surface area contributed by atoms with Crippen LogP contribution in [0.4, 0.5) is 5.69 Å². The lowest BCUT2D eigenvalue weighted by molar-refractivity contribution is -0.111. The Hall–Kier alpha value is -1.92. The van der Waals surface area contributed by atoms with Crippen molar-refractivity contribution >= 4 is 41.1 Å². The predicted octanol–water partition coefficient (Wildman–Crippen LogP) is 5.98. The van der Waals surface area contributed by atoms with Gasteiger partial charge in [-0.3, -0.25) is 4.79 Å². The van der Waals surface area contributed by atoms with Crippen LogP contribution >= 0.6 is 23.2 Å². The number of halogens is 2. The van der Waals surface area contributed by atoms with Gasteiger partial charge < -0.3 is 20.7 Å². The Morgan fingerprint density at radius 3 is 2.41 bits per heavy atom. The van der Waals surface area contributed by atoms with Crippen LogP contribution in [0.15, 0.2) is 42.5 Å². The van der Waals surface area contributed by atoms with E-state index in [1.165, 1.54) is 37.9 Å². The zero-order valence-corrected chi connectivity index (χ0v) is 21.2. The van der Waals surface area contributed by atoms with Gasteiger partial charge in [-0.2, -0.15) is 0 Å². The lowest BCUT2D eigenvalue weighted by Gasteiger charge is -2.26. The zero-order valence-electron chi connectivity index (χ0n) is 19.6. The normalized spacial score (nSPS) is 20.7. The minimum absolute atomic E-state index is 0.188. The molecular formula is C27H35Cl2N3O2. The van der Waals surface area contributed by atoms with Crippen LogP contribution in [0.5, 0.6) is 0 Å². The van der Waals surface area contributed by atoms with E-state index in [9.17, 15) is 9.59 Å². The molecule has 3 N–H and O–H groups in total. The lowest BCUT2D eigenvalue weighted by atomic mass is 9.88. The summed E-state index contributed by atoms with van der Waals surface area (Å²) < 4.78 is 0. The van der Waals surface area contributed by atoms with Crippen molar-refractivity contribution in [2.24, 2.45) is 11.7 Å². The Labute approximate surface area is 213 Å². The van der Waals surface area contributed by atoms with Gasteiger partial charge in [0.2, 0.25) is 0 Å². The summed E-state index contributed by atoms with van der Waals surface area (Å²) in [5.41, 5.74) is 8.16. The van der Waals surface area contributed by atoms with Crippen LogP contribution in [0.25, 0.3) is 0 Å². The van der Waals surface area contributed by atoms with Crippen molar-refractivity contribution in [3.05, 3.63) is 63.6 Å². The van der Waals surface area contributed by atoms with E-state index in [1.807, 2.05) is 18.2 Å². The zero-order chi connectivity index (χ0) is 24.3. The highest BCUT2D eigenvalue weighted by molar-refractivity contribution is 6.42. The summed E-state index contributed by atoms with van der Waals surface area (Å²) in [4.78, 5) is 25.1. The number of anilines is 1. The van der Waals surface area contributed by atoms with Gasteiger partial charge in [-0.1, -0.05) is 41.8 Å². The number of hydrogen-bond acceptors (Lipinski definition) is 4. The molecule has 0 aromatic heterocycles. The van der Waals surface area contributed by atoms with E-state index in [4.69, 9.17) is 28.9 Å². The molecule has 0 radical (unpaired) electrons. The molecule has 1 amide bonds. The topological polar surface area (TPSA) is 75.4 Å². The molecule has 184 valence electrons.